The maximum absolute atomic E-state index is 11.6. The van der Waals surface area contributed by atoms with Gasteiger partial charge in [-0.05, 0) is 46.7 Å². The van der Waals surface area contributed by atoms with Crippen molar-refractivity contribution in [3.05, 3.63) is 0 Å². The first kappa shape index (κ1) is 46.8. The van der Waals surface area contributed by atoms with E-state index in [-0.39, 0.29) is 79.4 Å². The van der Waals surface area contributed by atoms with E-state index in [2.05, 4.69) is 38.3 Å². The Labute approximate surface area is 259 Å². The molecule has 6 unspecified atom stereocenters. The van der Waals surface area contributed by atoms with Gasteiger partial charge in [0.15, 0.2) is 0 Å². The van der Waals surface area contributed by atoms with Crippen molar-refractivity contribution in [2.45, 2.75) is 128 Å². The molecule has 33 heavy (non-hydrogen) atoms. The topological polar surface area (TPSA) is 92.2 Å². The molecule has 0 N–H and O–H groups in total. The summed E-state index contributed by atoms with van der Waals surface area (Å²) in [6.45, 7) is 16.4. The Morgan fingerprint density at radius 3 is 0.970 bits per heavy atom. The van der Waals surface area contributed by atoms with Gasteiger partial charge < -0.3 is 55.5 Å². The van der Waals surface area contributed by atoms with Gasteiger partial charge in [0.05, 0.1) is 0 Å². The second-order valence-electron chi connectivity index (χ2n) is 7.93. The summed E-state index contributed by atoms with van der Waals surface area (Å²) < 4.78 is 0. The van der Waals surface area contributed by atoms with Gasteiger partial charge in [0.1, 0.15) is 0 Å². The predicted octanol–water partition coefficient (Wildman–Crippen LogP) is 3.85. The molecule has 6 atom stereocenters. The van der Waals surface area contributed by atoms with Crippen molar-refractivity contribution in [1.82, 2.24) is 0 Å². The number of hydrogen-bond donors (Lipinski definition) is 0. The Balaban J connectivity index is -0.000000145. The molecule has 0 bridgehead atoms. The Morgan fingerprint density at radius 2 is 0.818 bits per heavy atom. The van der Waals surface area contributed by atoms with Gasteiger partial charge in [0.2, 0.25) is 0 Å². The van der Waals surface area contributed by atoms with Crippen LogP contribution in [0.1, 0.15) is 107 Å². The molecule has 0 aliphatic rings. The molecule has 0 heterocycles. The summed E-state index contributed by atoms with van der Waals surface area (Å²) in [4.78, 5) is 46.4. The molecule has 0 radical (unpaired) electrons. The van der Waals surface area contributed by atoms with Crippen molar-refractivity contribution in [3.63, 3.8) is 0 Å². The van der Waals surface area contributed by atoms with Crippen LogP contribution >= 0.6 is 11.4 Å². The maximum atomic E-state index is 11.6. The molecule has 0 rings (SSSR count). The van der Waals surface area contributed by atoms with Crippen molar-refractivity contribution >= 4 is 56.0 Å². The van der Waals surface area contributed by atoms with E-state index in [0.29, 0.717) is 0 Å². The van der Waals surface area contributed by atoms with Crippen LogP contribution in [-0.2, 0) is 103 Å². The molecule has 0 saturated heterocycles. The normalized spacial score (nSPS) is 16.9. The van der Waals surface area contributed by atoms with Crippen molar-refractivity contribution in [2.24, 2.45) is 0 Å². The van der Waals surface area contributed by atoms with Gasteiger partial charge in [-0.3, -0.25) is 0 Å². The van der Waals surface area contributed by atoms with Gasteiger partial charge in [0, 0.05) is 0 Å². The molecule has 188 valence electrons. The van der Waals surface area contributed by atoms with Crippen molar-refractivity contribution in [2.75, 3.05) is 0 Å². The van der Waals surface area contributed by atoms with Gasteiger partial charge in [-0.15, -0.1) is 0 Å². The second kappa shape index (κ2) is 25.0. The third-order valence-corrected chi connectivity index (χ3v) is 21.2. The third-order valence-electron chi connectivity index (χ3n) is 5.24. The Hall–Kier alpha value is 3.97. The minimum atomic E-state index is -3.58. The first-order valence-electron chi connectivity index (χ1n) is 11.2. The van der Waals surface area contributed by atoms with E-state index in [1.165, 1.54) is 0 Å². The zero-order chi connectivity index (χ0) is 24.1. The molecule has 0 aliphatic carbocycles. The quantitative estimate of drug-likeness (QED) is 0.172. The summed E-state index contributed by atoms with van der Waals surface area (Å²) >= 11 is 9.38. The van der Waals surface area contributed by atoms with Gasteiger partial charge >= 0.3 is 58.4 Å². The largest absolute Gasteiger partial charge is 2.00 e. The standard InChI is InChI=1S/2C10H22O2PS2.3Zn/c2*1-5-7-8-10(4)15(9(3)6-2)13(11,12)14;;;/h2*9-10H,5-8H2,1-4H3;;;/q2*-3;3*+2. The molecular weight excluding hydrogens is 691 g/mol. The van der Waals surface area contributed by atoms with Crippen molar-refractivity contribution < 1.29 is 78.0 Å². The van der Waals surface area contributed by atoms with Crippen LogP contribution in [0.4, 0.5) is 0 Å². The zero-order valence-electron chi connectivity index (χ0n) is 22.2. The summed E-state index contributed by atoms with van der Waals surface area (Å²) in [7, 11) is -1.24. The molecule has 0 aromatic heterocycles. The predicted molar refractivity (Wildman–Crippen MR) is 141 cm³/mol. The van der Waals surface area contributed by atoms with Crippen LogP contribution in [0.5, 0.6) is 0 Å². The first-order chi connectivity index (χ1) is 13.7. The molecule has 0 aromatic carbocycles. The molecule has 0 aromatic rings. The van der Waals surface area contributed by atoms with Gasteiger partial charge in [-0.25, -0.2) is 20.1 Å². The molecular formula is C20H44O4P2S4Zn3. The van der Waals surface area contributed by atoms with Crippen LogP contribution < -0.4 is 19.6 Å². The number of hydrogen-bond acceptors (Lipinski definition) is 6. The maximum Gasteiger partial charge on any atom is 2.00 e. The Bertz CT molecular complexity index is 523. The van der Waals surface area contributed by atoms with Gasteiger partial charge in [0.25, 0.3) is 0 Å². The summed E-state index contributed by atoms with van der Waals surface area (Å²) in [6.07, 6.45) is 8.16. The molecule has 0 aliphatic heterocycles. The van der Waals surface area contributed by atoms with E-state index in [4.69, 9.17) is 0 Å². The summed E-state index contributed by atoms with van der Waals surface area (Å²) in [5.41, 5.74) is -7.17. The van der Waals surface area contributed by atoms with E-state index >= 15 is 0 Å². The number of rotatable bonds is 12. The van der Waals surface area contributed by atoms with Gasteiger partial charge in [-0.2, -0.15) is 0 Å². The number of unbranched alkanes of at least 4 members (excludes halogenated alkanes) is 2. The van der Waals surface area contributed by atoms with Crippen LogP contribution in [0, 0.1) is 0 Å². The van der Waals surface area contributed by atoms with Gasteiger partial charge in [-0.1, -0.05) is 81.1 Å². The van der Waals surface area contributed by atoms with Crippen LogP contribution in [0.25, 0.3) is 0 Å². The monoisotopic (exact) mass is 730 g/mol. The zero-order valence-corrected chi connectivity index (χ0v) is 36.2. The van der Waals surface area contributed by atoms with E-state index in [0.717, 1.165) is 51.4 Å². The van der Waals surface area contributed by atoms with Crippen LogP contribution in [-0.4, -0.2) is 21.0 Å². The minimum Gasteiger partial charge on any atom is -0.854 e. The molecule has 0 amide bonds. The fourth-order valence-electron chi connectivity index (χ4n) is 3.24. The minimum absolute atomic E-state index is 0. The second-order valence-corrected chi connectivity index (χ2v) is 24.0. The van der Waals surface area contributed by atoms with Crippen molar-refractivity contribution in [1.29, 1.82) is 0 Å². The molecule has 0 spiro atoms. The fourth-order valence-corrected chi connectivity index (χ4v) is 20.2. The molecule has 13 heteroatoms. The van der Waals surface area contributed by atoms with Crippen LogP contribution in [0.2, 0.25) is 0 Å². The third kappa shape index (κ3) is 21.5. The summed E-state index contributed by atoms with van der Waals surface area (Å²) in [5, 5.41) is 0.858. The first-order valence-corrected chi connectivity index (χ1v) is 20.4. The van der Waals surface area contributed by atoms with E-state index in [1.54, 1.807) is 0 Å². The molecule has 0 fully saturated rings. The average molecular weight is 735 g/mol. The van der Waals surface area contributed by atoms with E-state index in [9.17, 15) is 19.6 Å². The van der Waals surface area contributed by atoms with E-state index < -0.39 is 31.5 Å². The van der Waals surface area contributed by atoms with Crippen molar-refractivity contribution in [3.8, 4) is 0 Å². The summed E-state index contributed by atoms with van der Waals surface area (Å²) in [6, 6.07) is 0. The summed E-state index contributed by atoms with van der Waals surface area (Å²) in [5.74, 6) is 0. The van der Waals surface area contributed by atoms with Crippen LogP contribution in [0.3, 0.4) is 0 Å². The Kier molecular flexibility index (Phi) is 35.4. The molecule has 4 nitrogen and oxygen atoms in total. The Morgan fingerprint density at radius 1 is 0.576 bits per heavy atom. The average Bonchev–Trinajstić information content (AvgIpc) is 2.62. The molecule has 0 saturated carbocycles. The smallest absolute Gasteiger partial charge is 0.854 e. The fraction of sp³-hybridized carbons (Fsp3) is 1.00. The van der Waals surface area contributed by atoms with E-state index in [1.807, 2.05) is 41.5 Å². The SMILES string of the molecule is CCCCC(C)S(C(C)CC)=P([O-])([O-])[S-].CCCCC(C)S(C(C)CC)=P([O-])([O-])[S-].[Zn+2].[Zn+2].[Zn+2]. The van der Waals surface area contributed by atoms with Crippen LogP contribution in [0.15, 0.2) is 0 Å².